The number of nitrogens with two attached hydrogens (primary N) is 1. The highest BCUT2D eigenvalue weighted by Gasteiger charge is 2.14. The summed E-state index contributed by atoms with van der Waals surface area (Å²) in [6, 6.07) is 0. The Balaban J connectivity index is 4.42. The van der Waals surface area contributed by atoms with E-state index in [9.17, 15) is 9.59 Å². The van der Waals surface area contributed by atoms with E-state index in [1.165, 1.54) is 0 Å². The van der Waals surface area contributed by atoms with Crippen LogP contribution in [0.2, 0.25) is 0 Å². The minimum Gasteiger partial charge on any atom is -0.477 e. The van der Waals surface area contributed by atoms with Gasteiger partial charge in [-0.25, -0.2) is 9.59 Å². The molecule has 6 heteroatoms. The molecule has 0 rings (SSSR count). The first-order chi connectivity index (χ1) is 4.59. The lowest BCUT2D eigenvalue weighted by Crippen LogP contribution is -2.20. The number of hydrazine groups is 1. The van der Waals surface area contributed by atoms with Gasteiger partial charge in [0.2, 0.25) is 0 Å². The van der Waals surface area contributed by atoms with Gasteiger partial charge < -0.3 is 15.6 Å². The molecule has 0 atom stereocenters. The lowest BCUT2D eigenvalue weighted by atomic mass is 10.3. The molecule has 0 aliphatic heterocycles. The van der Waals surface area contributed by atoms with Gasteiger partial charge >= 0.3 is 11.9 Å². The number of carboxylic acids is 2. The number of aliphatic carboxylic acids is 2. The molecule has 0 amide bonds. The van der Waals surface area contributed by atoms with Crippen molar-refractivity contribution in [2.75, 3.05) is 0 Å². The zero-order valence-corrected chi connectivity index (χ0v) is 4.87. The fourth-order valence-electron chi connectivity index (χ4n) is 0.298. The highest BCUT2D eigenvalue weighted by molar-refractivity contribution is 6.12. The second kappa shape index (κ2) is 3.46. The van der Waals surface area contributed by atoms with Crippen LogP contribution in [0.5, 0.6) is 0 Å². The highest BCUT2D eigenvalue weighted by atomic mass is 16.4. The molecule has 0 heterocycles. The fourth-order valence-corrected chi connectivity index (χ4v) is 0.298. The molecule has 6 nitrogen and oxygen atoms in total. The van der Waals surface area contributed by atoms with Crippen molar-refractivity contribution >= 4 is 11.9 Å². The highest BCUT2D eigenvalue weighted by Crippen LogP contribution is 1.90. The third-order valence-electron chi connectivity index (χ3n) is 0.688. The third kappa shape index (κ3) is 2.14. The van der Waals surface area contributed by atoms with Crippen LogP contribution in [-0.2, 0) is 9.59 Å². The van der Waals surface area contributed by atoms with Crippen LogP contribution in [0.4, 0.5) is 0 Å². The Kier molecular flexibility index (Phi) is 2.92. The normalized spacial score (nSPS) is 8.10. The van der Waals surface area contributed by atoms with E-state index in [4.69, 9.17) is 10.2 Å². The summed E-state index contributed by atoms with van der Waals surface area (Å²) in [5, 5.41) is 16.3. The van der Waals surface area contributed by atoms with E-state index < -0.39 is 17.5 Å². The van der Waals surface area contributed by atoms with E-state index in [1.807, 2.05) is 0 Å². The maximum atomic E-state index is 9.99. The Labute approximate surface area is 55.9 Å². The number of carbonyl (C=O) groups is 2. The van der Waals surface area contributed by atoms with E-state index >= 15 is 0 Å². The number of nitrogens with one attached hydrogen (secondary N) is 1. The van der Waals surface area contributed by atoms with Crippen molar-refractivity contribution in [3.05, 3.63) is 11.8 Å². The van der Waals surface area contributed by atoms with Gasteiger partial charge in [0, 0.05) is 6.20 Å². The van der Waals surface area contributed by atoms with Crippen LogP contribution in [0.1, 0.15) is 0 Å². The molecule has 0 radical (unpaired) electrons. The minimum atomic E-state index is -1.54. The summed E-state index contributed by atoms with van der Waals surface area (Å²) in [5.74, 6) is 1.58. The SMILES string of the molecule is NNC=C(C(=O)O)C(=O)O. The second-order valence-corrected chi connectivity index (χ2v) is 1.33. The van der Waals surface area contributed by atoms with Crippen LogP contribution in [0.25, 0.3) is 0 Å². The Morgan fingerprint density at radius 2 is 1.70 bits per heavy atom. The summed E-state index contributed by atoms with van der Waals surface area (Å²) in [6.07, 6.45) is 0.685. The van der Waals surface area contributed by atoms with Crippen LogP contribution in [0.3, 0.4) is 0 Å². The molecule has 56 valence electrons. The van der Waals surface area contributed by atoms with Gasteiger partial charge in [0.05, 0.1) is 0 Å². The van der Waals surface area contributed by atoms with Gasteiger partial charge in [-0.05, 0) is 0 Å². The molecule has 0 aromatic rings. The molecule has 10 heavy (non-hydrogen) atoms. The van der Waals surface area contributed by atoms with Gasteiger partial charge in [0.25, 0.3) is 0 Å². The maximum absolute atomic E-state index is 9.99. The van der Waals surface area contributed by atoms with Crippen LogP contribution in [0, 0.1) is 0 Å². The zero-order chi connectivity index (χ0) is 8.15. The van der Waals surface area contributed by atoms with Gasteiger partial charge in [-0.3, -0.25) is 5.84 Å². The van der Waals surface area contributed by atoms with Crippen molar-refractivity contribution in [2.45, 2.75) is 0 Å². The largest absolute Gasteiger partial charge is 0.477 e. The second-order valence-electron chi connectivity index (χ2n) is 1.33. The first-order valence-electron chi connectivity index (χ1n) is 2.22. The average molecular weight is 146 g/mol. The summed E-state index contributed by atoms with van der Waals surface area (Å²) in [4.78, 5) is 20.0. The molecule has 0 aromatic heterocycles. The lowest BCUT2D eigenvalue weighted by molar-refractivity contribution is -0.140. The Hall–Kier alpha value is -1.56. The van der Waals surface area contributed by atoms with Crippen LogP contribution in [0.15, 0.2) is 11.8 Å². The van der Waals surface area contributed by atoms with Crippen molar-refractivity contribution in [2.24, 2.45) is 5.84 Å². The van der Waals surface area contributed by atoms with E-state index in [1.54, 1.807) is 5.43 Å². The number of rotatable bonds is 3. The van der Waals surface area contributed by atoms with Gasteiger partial charge in [-0.15, -0.1) is 0 Å². The lowest BCUT2D eigenvalue weighted by Gasteiger charge is -1.92. The van der Waals surface area contributed by atoms with Gasteiger partial charge in [0.1, 0.15) is 0 Å². The standard InChI is InChI=1S/C4H6N2O4/c5-6-1-2(3(7)8)4(9)10/h1,6H,5H2,(H,7,8)(H,9,10). The van der Waals surface area contributed by atoms with E-state index in [2.05, 4.69) is 5.84 Å². The topological polar surface area (TPSA) is 113 Å². The molecule has 0 aliphatic rings. The molecule has 0 spiro atoms. The molecule has 5 N–H and O–H groups in total. The van der Waals surface area contributed by atoms with Gasteiger partial charge in [-0.2, -0.15) is 0 Å². The van der Waals surface area contributed by atoms with Crippen molar-refractivity contribution < 1.29 is 19.8 Å². The molecule has 0 saturated heterocycles. The quantitative estimate of drug-likeness (QED) is 0.127. The maximum Gasteiger partial charge on any atom is 0.344 e. The Bertz CT molecular complexity index is 170. The summed E-state index contributed by atoms with van der Waals surface area (Å²) in [5.41, 5.74) is 1.00. The summed E-state index contributed by atoms with van der Waals surface area (Å²) in [7, 11) is 0. The molecular weight excluding hydrogens is 140 g/mol. The Morgan fingerprint density at radius 1 is 1.30 bits per heavy atom. The molecule has 0 saturated carbocycles. The van der Waals surface area contributed by atoms with E-state index in [-0.39, 0.29) is 0 Å². The first-order valence-corrected chi connectivity index (χ1v) is 2.22. The smallest absolute Gasteiger partial charge is 0.344 e. The van der Waals surface area contributed by atoms with Crippen molar-refractivity contribution in [1.82, 2.24) is 5.43 Å². The van der Waals surface area contributed by atoms with Crippen LogP contribution in [-0.4, -0.2) is 22.2 Å². The molecule has 0 fully saturated rings. The molecule has 0 bridgehead atoms. The molecule has 0 aliphatic carbocycles. The van der Waals surface area contributed by atoms with E-state index in [0.29, 0.717) is 6.20 Å². The molecule has 0 aromatic carbocycles. The van der Waals surface area contributed by atoms with E-state index in [0.717, 1.165) is 0 Å². The zero-order valence-electron chi connectivity index (χ0n) is 4.87. The summed E-state index contributed by atoms with van der Waals surface area (Å²) < 4.78 is 0. The van der Waals surface area contributed by atoms with Crippen LogP contribution < -0.4 is 11.3 Å². The fraction of sp³-hybridized carbons (Fsp3) is 0. The molecular formula is C4H6N2O4. The van der Waals surface area contributed by atoms with Gasteiger partial charge in [-0.1, -0.05) is 0 Å². The summed E-state index contributed by atoms with van der Waals surface area (Å²) in [6.45, 7) is 0. The van der Waals surface area contributed by atoms with Crippen molar-refractivity contribution in [3.63, 3.8) is 0 Å². The van der Waals surface area contributed by atoms with Gasteiger partial charge in [0.15, 0.2) is 5.57 Å². The number of hydrogen-bond acceptors (Lipinski definition) is 4. The monoisotopic (exact) mass is 146 g/mol. The summed E-state index contributed by atoms with van der Waals surface area (Å²) >= 11 is 0. The average Bonchev–Trinajstić information content (AvgIpc) is 1.81. The van der Waals surface area contributed by atoms with Crippen molar-refractivity contribution in [3.8, 4) is 0 Å². The number of carboxylic acid groups (broad SMARTS) is 2. The Morgan fingerprint density at radius 3 is 1.80 bits per heavy atom. The predicted octanol–water partition coefficient (Wildman–Crippen LogP) is -1.50. The third-order valence-corrected chi connectivity index (χ3v) is 0.688. The number of hydrogen-bond donors (Lipinski definition) is 4. The minimum absolute atomic E-state index is 0.685. The molecule has 0 unspecified atom stereocenters. The first kappa shape index (κ1) is 8.44. The van der Waals surface area contributed by atoms with Crippen molar-refractivity contribution in [1.29, 1.82) is 0 Å². The predicted molar refractivity (Wildman–Crippen MR) is 30.7 cm³/mol. The van der Waals surface area contributed by atoms with Crippen LogP contribution >= 0.6 is 0 Å².